The topological polar surface area (TPSA) is 21.3 Å². The predicted octanol–water partition coefficient (Wildman–Crippen LogP) is 3.92. The first kappa shape index (κ1) is 15.3. The number of nitrogens with one attached hydrogen (secondary N) is 1. The Morgan fingerprint density at radius 3 is 2.85 bits per heavy atom. The van der Waals surface area contributed by atoms with Gasteiger partial charge in [-0.3, -0.25) is 0 Å². The van der Waals surface area contributed by atoms with Crippen molar-refractivity contribution in [3.05, 3.63) is 47.0 Å². The summed E-state index contributed by atoms with van der Waals surface area (Å²) >= 11 is 0. The van der Waals surface area contributed by atoms with Gasteiger partial charge in [0.15, 0.2) is 0 Å². The van der Waals surface area contributed by atoms with Crippen LogP contribution >= 0.6 is 0 Å². The van der Waals surface area contributed by atoms with E-state index in [0.717, 1.165) is 24.9 Å². The van der Waals surface area contributed by atoms with Crippen LogP contribution in [0.4, 0.5) is 0 Å². The largest absolute Gasteiger partial charge is 0.380 e. The smallest absolute Gasteiger partial charge is 0.0713 e. The minimum atomic E-state index is 0.692. The molecule has 1 N–H and O–H groups in total. The minimum absolute atomic E-state index is 0.692. The molecule has 1 aliphatic rings. The van der Waals surface area contributed by atoms with Crippen LogP contribution in [0.3, 0.4) is 0 Å². The number of rotatable bonds is 6. The van der Waals surface area contributed by atoms with Crippen molar-refractivity contribution in [1.29, 1.82) is 0 Å². The number of hydrogen-bond acceptors (Lipinski definition) is 2. The van der Waals surface area contributed by atoms with Crippen LogP contribution in [0.15, 0.2) is 35.9 Å². The molecule has 2 heteroatoms. The highest BCUT2D eigenvalue weighted by atomic mass is 16.5. The molecule has 20 heavy (non-hydrogen) atoms. The first-order valence-corrected chi connectivity index (χ1v) is 7.62. The first-order chi connectivity index (χ1) is 9.67. The van der Waals surface area contributed by atoms with Crippen molar-refractivity contribution >= 4 is 0 Å². The molecular weight excluding hydrogens is 246 g/mol. The second-order valence-corrected chi connectivity index (χ2v) is 6.18. The lowest BCUT2D eigenvalue weighted by Gasteiger charge is -2.25. The second kappa shape index (κ2) is 7.61. The maximum atomic E-state index is 5.18. The molecule has 0 spiro atoms. The van der Waals surface area contributed by atoms with Crippen molar-refractivity contribution in [1.82, 2.24) is 5.32 Å². The van der Waals surface area contributed by atoms with Crippen molar-refractivity contribution in [2.75, 3.05) is 13.7 Å². The molecule has 0 fully saturated rings. The predicted molar refractivity (Wildman–Crippen MR) is 84.5 cm³/mol. The molecule has 110 valence electrons. The van der Waals surface area contributed by atoms with E-state index < -0.39 is 0 Å². The first-order valence-electron chi connectivity index (χ1n) is 7.62. The van der Waals surface area contributed by atoms with E-state index in [0.29, 0.717) is 6.61 Å². The summed E-state index contributed by atoms with van der Waals surface area (Å²) in [5.41, 5.74) is 4.14. The summed E-state index contributed by atoms with van der Waals surface area (Å²) in [5, 5.41) is 3.61. The number of ether oxygens (including phenoxy) is 1. The Morgan fingerprint density at radius 1 is 1.30 bits per heavy atom. The number of benzene rings is 1. The van der Waals surface area contributed by atoms with Crippen LogP contribution in [0.2, 0.25) is 0 Å². The molecule has 1 aromatic rings. The molecule has 0 aliphatic heterocycles. The van der Waals surface area contributed by atoms with Gasteiger partial charge >= 0.3 is 0 Å². The summed E-state index contributed by atoms with van der Waals surface area (Å²) in [5.74, 6) is 1.53. The van der Waals surface area contributed by atoms with E-state index in [4.69, 9.17) is 4.74 Å². The lowest BCUT2D eigenvalue weighted by Crippen LogP contribution is -2.25. The molecule has 0 aromatic heterocycles. The molecular formula is C18H27NO. The normalized spacial score (nSPS) is 22.6. The highest BCUT2D eigenvalue weighted by molar-refractivity contribution is 5.22. The Hall–Kier alpha value is -1.12. The van der Waals surface area contributed by atoms with E-state index in [-0.39, 0.29) is 0 Å². The highest BCUT2D eigenvalue weighted by Crippen LogP contribution is 2.27. The lowest BCUT2D eigenvalue weighted by molar-refractivity contribution is 0.185. The van der Waals surface area contributed by atoms with E-state index in [1.807, 2.05) is 0 Å². The molecule has 2 rings (SSSR count). The van der Waals surface area contributed by atoms with Crippen molar-refractivity contribution in [3.63, 3.8) is 0 Å². The molecule has 0 radical (unpaired) electrons. The van der Waals surface area contributed by atoms with Crippen molar-refractivity contribution < 1.29 is 4.74 Å². The van der Waals surface area contributed by atoms with Gasteiger partial charge in [0.2, 0.25) is 0 Å². The summed E-state index contributed by atoms with van der Waals surface area (Å²) in [6, 6.07) is 8.64. The van der Waals surface area contributed by atoms with E-state index in [2.05, 4.69) is 49.5 Å². The van der Waals surface area contributed by atoms with Crippen LogP contribution in [0, 0.1) is 11.8 Å². The summed E-state index contributed by atoms with van der Waals surface area (Å²) in [7, 11) is 1.74. The fraction of sp³-hybridized carbons (Fsp3) is 0.556. The van der Waals surface area contributed by atoms with Gasteiger partial charge < -0.3 is 10.1 Å². The zero-order valence-electron chi connectivity index (χ0n) is 13.0. The fourth-order valence-corrected chi connectivity index (χ4v) is 3.26. The van der Waals surface area contributed by atoms with Gasteiger partial charge in [0.1, 0.15) is 0 Å². The Kier molecular flexibility index (Phi) is 5.81. The van der Waals surface area contributed by atoms with Crippen LogP contribution in [0.5, 0.6) is 0 Å². The quantitative estimate of drug-likeness (QED) is 0.793. The van der Waals surface area contributed by atoms with Gasteiger partial charge in [-0.2, -0.15) is 0 Å². The van der Waals surface area contributed by atoms with Gasteiger partial charge in [0.05, 0.1) is 6.61 Å². The van der Waals surface area contributed by atoms with Crippen LogP contribution < -0.4 is 5.32 Å². The van der Waals surface area contributed by atoms with Crippen LogP contribution in [0.25, 0.3) is 0 Å². The third-order valence-corrected chi connectivity index (χ3v) is 3.95. The van der Waals surface area contributed by atoms with Gasteiger partial charge in [-0.25, -0.2) is 0 Å². The lowest BCUT2D eigenvalue weighted by atomic mass is 9.84. The average molecular weight is 273 g/mol. The van der Waals surface area contributed by atoms with Crippen molar-refractivity contribution in [3.8, 4) is 0 Å². The Morgan fingerprint density at radius 2 is 2.10 bits per heavy atom. The SMILES string of the molecule is COCc1cccc(CNCC2CC(C)=CC(C)C2)c1. The standard InChI is InChI=1S/C18H27NO/c1-14-7-15(2)9-18(8-14)12-19-11-16-5-4-6-17(10-16)13-20-3/h4-7,10,14,18-19H,8-9,11-13H2,1-3H3. The van der Waals surface area contributed by atoms with E-state index in [1.54, 1.807) is 12.7 Å². The maximum absolute atomic E-state index is 5.18. The number of allylic oxidation sites excluding steroid dienone is 2. The van der Waals surface area contributed by atoms with Gasteiger partial charge in [-0.1, -0.05) is 42.8 Å². The van der Waals surface area contributed by atoms with Crippen LogP contribution in [-0.4, -0.2) is 13.7 Å². The Bertz CT molecular complexity index is 452. The zero-order chi connectivity index (χ0) is 14.4. The van der Waals surface area contributed by atoms with E-state index in [9.17, 15) is 0 Å². The molecule has 0 heterocycles. The molecule has 0 bridgehead atoms. The molecule has 1 aliphatic carbocycles. The molecule has 0 saturated heterocycles. The van der Waals surface area contributed by atoms with Crippen molar-refractivity contribution in [2.45, 2.75) is 39.8 Å². The summed E-state index contributed by atoms with van der Waals surface area (Å²) in [4.78, 5) is 0. The van der Waals surface area contributed by atoms with E-state index in [1.165, 1.54) is 24.0 Å². The van der Waals surface area contributed by atoms with E-state index >= 15 is 0 Å². The maximum Gasteiger partial charge on any atom is 0.0713 e. The molecule has 2 unspecified atom stereocenters. The van der Waals surface area contributed by atoms with Crippen LogP contribution in [-0.2, 0) is 17.9 Å². The fourth-order valence-electron chi connectivity index (χ4n) is 3.26. The molecule has 1 aromatic carbocycles. The Balaban J connectivity index is 1.78. The van der Waals surface area contributed by atoms with Crippen LogP contribution in [0.1, 0.15) is 37.8 Å². The monoisotopic (exact) mass is 273 g/mol. The second-order valence-electron chi connectivity index (χ2n) is 6.18. The highest BCUT2D eigenvalue weighted by Gasteiger charge is 2.17. The summed E-state index contributed by atoms with van der Waals surface area (Å²) < 4.78 is 5.18. The Labute approximate surface area is 123 Å². The molecule has 0 saturated carbocycles. The molecule has 2 nitrogen and oxygen atoms in total. The van der Waals surface area contributed by atoms with Gasteiger partial charge in [-0.15, -0.1) is 0 Å². The summed E-state index contributed by atoms with van der Waals surface area (Å²) in [6.45, 7) is 7.34. The van der Waals surface area contributed by atoms with Gasteiger partial charge in [0.25, 0.3) is 0 Å². The third-order valence-electron chi connectivity index (χ3n) is 3.95. The average Bonchev–Trinajstić information content (AvgIpc) is 2.38. The number of methoxy groups -OCH3 is 1. The molecule has 2 atom stereocenters. The minimum Gasteiger partial charge on any atom is -0.380 e. The van der Waals surface area contributed by atoms with Crippen molar-refractivity contribution in [2.24, 2.45) is 11.8 Å². The van der Waals surface area contributed by atoms with Gasteiger partial charge in [-0.05, 0) is 49.3 Å². The molecule has 0 amide bonds. The number of hydrogen-bond donors (Lipinski definition) is 1. The third kappa shape index (κ3) is 4.77. The summed E-state index contributed by atoms with van der Waals surface area (Å²) in [6.07, 6.45) is 4.99. The zero-order valence-corrected chi connectivity index (χ0v) is 13.0. The van der Waals surface area contributed by atoms with Gasteiger partial charge in [0, 0.05) is 13.7 Å².